The van der Waals surface area contributed by atoms with Crippen molar-refractivity contribution in [3.05, 3.63) is 102 Å². The van der Waals surface area contributed by atoms with E-state index in [1.165, 1.54) is 4.90 Å². The molecule has 79 heavy (non-hydrogen) atoms. The lowest BCUT2D eigenvalue weighted by atomic mass is 9.58. The van der Waals surface area contributed by atoms with Crippen molar-refractivity contribution in [2.24, 2.45) is 17.8 Å². The molecule has 1 aliphatic carbocycles. The van der Waals surface area contributed by atoms with Crippen LogP contribution in [-0.4, -0.2) is 141 Å². The number of aryl methyl sites for hydroxylation is 1. The van der Waals surface area contributed by atoms with Gasteiger partial charge in [-0.15, -0.1) is 21.5 Å². The number of phenolic OH excluding ortho intramolecular Hbond substituents is 1. The van der Waals surface area contributed by atoms with Crippen molar-refractivity contribution in [2.45, 2.75) is 127 Å². The van der Waals surface area contributed by atoms with Gasteiger partial charge < -0.3 is 54.9 Å². The Labute approximate surface area is 467 Å². The van der Waals surface area contributed by atoms with Gasteiger partial charge in [0.2, 0.25) is 17.7 Å². The van der Waals surface area contributed by atoms with Gasteiger partial charge in [0.05, 0.1) is 54.1 Å². The van der Waals surface area contributed by atoms with Gasteiger partial charge in [0.1, 0.15) is 23.8 Å². The molecule has 0 spiro atoms. The number of hydrogen-bond donors (Lipinski definition) is 4. The Morgan fingerprint density at radius 2 is 1.73 bits per heavy atom. The number of nitrogens with zero attached hydrogens (tertiary/aromatic N) is 9. The average molecular weight is 1090 g/mol. The molecule has 11 rings (SSSR count). The molecule has 2 radical (unpaired) electrons. The van der Waals surface area contributed by atoms with Crippen molar-refractivity contribution in [2.75, 3.05) is 61.4 Å². The highest BCUT2D eigenvalue weighted by Gasteiger charge is 2.45. The molecule has 5 N–H and O–H groups in total. The lowest BCUT2D eigenvalue weighted by molar-refractivity contribution is -0.141. The second kappa shape index (κ2) is 22.8. The number of amides is 2. The third kappa shape index (κ3) is 11.6. The Balaban J connectivity index is 0.620. The highest BCUT2D eigenvalue weighted by atomic mass is 32.1. The van der Waals surface area contributed by atoms with Gasteiger partial charge in [0.15, 0.2) is 11.6 Å². The number of β-amino-alcohol motifs (C(OH)–C–C–N with tert-alkyl or cyclic N) is 1. The molecule has 4 saturated heterocycles. The first-order valence-corrected chi connectivity index (χ1v) is 28.9. The number of anilines is 3. The summed E-state index contributed by atoms with van der Waals surface area (Å²) in [5, 5.41) is 36.7. The number of ether oxygens (including phenoxy) is 2. The maximum Gasteiger partial charge on any atom is 0.254 e. The normalized spacial score (nSPS) is 25.8. The van der Waals surface area contributed by atoms with E-state index in [-0.39, 0.29) is 66.6 Å². The monoisotopic (exact) mass is 1090 g/mol. The van der Waals surface area contributed by atoms with Crippen molar-refractivity contribution in [3.8, 4) is 39.2 Å². The molecular formula is C59H72BN11O7S. The third-order valence-corrected chi connectivity index (χ3v) is 18.2. The molecule has 2 amide bonds. The second-order valence-corrected chi connectivity index (χ2v) is 24.2. The van der Waals surface area contributed by atoms with Gasteiger partial charge in [-0.25, -0.2) is 9.97 Å². The molecule has 6 aromatic rings. The molecule has 1 saturated carbocycles. The van der Waals surface area contributed by atoms with Crippen LogP contribution < -0.4 is 30.3 Å². The number of rotatable bonds is 18. The van der Waals surface area contributed by atoms with Crippen LogP contribution in [-0.2, 0) is 9.59 Å². The third-order valence-electron chi connectivity index (χ3n) is 17.2. The van der Waals surface area contributed by atoms with Crippen LogP contribution in [0.25, 0.3) is 21.7 Å². The van der Waals surface area contributed by atoms with E-state index < -0.39 is 23.4 Å². The van der Waals surface area contributed by atoms with Gasteiger partial charge in [-0.05, 0) is 124 Å². The number of pyridine rings is 1. The smallest absolute Gasteiger partial charge is 0.254 e. The van der Waals surface area contributed by atoms with E-state index >= 15 is 0 Å². The number of carbonyl (C=O) groups is 2. The fourth-order valence-electron chi connectivity index (χ4n) is 13.0. The minimum Gasteiger partial charge on any atom is -0.507 e. The van der Waals surface area contributed by atoms with Crippen LogP contribution >= 0.6 is 11.3 Å². The average Bonchev–Trinajstić information content (AvgIpc) is 4.24. The fraction of sp³-hybridized carbons (Fsp3) is 0.508. The van der Waals surface area contributed by atoms with E-state index in [0.717, 1.165) is 104 Å². The number of aromatic hydroxyl groups is 1. The number of phenols is 1. The fourth-order valence-corrected chi connectivity index (χ4v) is 13.8. The summed E-state index contributed by atoms with van der Waals surface area (Å²) in [7, 11) is 7.05. The zero-order valence-corrected chi connectivity index (χ0v) is 46.6. The quantitative estimate of drug-likeness (QED) is 0.0599. The number of para-hydroxylation sites is 1. The van der Waals surface area contributed by atoms with Crippen LogP contribution in [0.5, 0.6) is 17.5 Å². The molecule has 5 aliphatic rings. The predicted octanol–water partition coefficient (Wildman–Crippen LogP) is 7.98. The van der Waals surface area contributed by atoms with Gasteiger partial charge in [0, 0.05) is 74.3 Å². The zero-order chi connectivity index (χ0) is 55.1. The molecule has 5 fully saturated rings. The van der Waals surface area contributed by atoms with Crippen LogP contribution in [0, 0.1) is 24.7 Å². The first-order chi connectivity index (χ1) is 38.0. The summed E-state index contributed by atoms with van der Waals surface area (Å²) in [4.78, 5) is 47.0. The standard InChI is InChI=1S/C59H72BN11O7S/c1-34(2)54(58(75)70-31-44(72)25-49(70)57(74)64-35(3)38-10-12-39(13-11-38)55-36(4)63-33-79-55)51-27-53(67-78-51)76-21-18-40-17-20-68(32-59(40,5)60)28-37-22-45(23-37)77-52-24-41(16-19-62-52)71-42-14-15-43(71)30-69(29-42)48-26-47(65-66-56(48)61)46-8-6-7-9-50(46)73/h6-13,16,19,24,26-27,33-35,37,40,42-45,49,54,72-73H,14-15,17-18,20-23,25,28-32H2,1-5H3,(H2,61,66)(H,64,74)/t35-,37?,40-,42?,43?,44+,45?,49-,54+,59+/m0/s1. The molecule has 4 aromatic heterocycles. The van der Waals surface area contributed by atoms with Gasteiger partial charge in [0.25, 0.3) is 5.88 Å². The summed E-state index contributed by atoms with van der Waals surface area (Å²) in [5.41, 5.74) is 14.4. The minimum atomic E-state index is -0.837. The molecule has 18 nitrogen and oxygen atoms in total. The second-order valence-electron chi connectivity index (χ2n) is 23.3. The van der Waals surface area contributed by atoms with Crippen LogP contribution in [0.3, 0.4) is 0 Å². The number of piperidine rings is 1. The van der Waals surface area contributed by atoms with Crippen molar-refractivity contribution in [3.63, 3.8) is 0 Å². The number of hydrogen-bond acceptors (Lipinski definition) is 17. The summed E-state index contributed by atoms with van der Waals surface area (Å²) in [6.45, 7) is 14.7. The molecule has 2 bridgehead atoms. The minimum absolute atomic E-state index is 0.0478. The number of benzene rings is 2. The van der Waals surface area contributed by atoms with Crippen LogP contribution in [0.4, 0.5) is 17.2 Å². The number of aliphatic hydroxyl groups excluding tert-OH is 1. The predicted molar refractivity (Wildman–Crippen MR) is 304 cm³/mol. The van der Waals surface area contributed by atoms with Crippen molar-refractivity contribution < 1.29 is 33.8 Å². The Hall–Kier alpha value is -6.77. The summed E-state index contributed by atoms with van der Waals surface area (Å²) >= 11 is 1.59. The van der Waals surface area contributed by atoms with Crippen molar-refractivity contribution in [1.29, 1.82) is 0 Å². The molecule has 20 heteroatoms. The van der Waals surface area contributed by atoms with Gasteiger partial charge in [-0.1, -0.05) is 62.5 Å². The van der Waals surface area contributed by atoms with Crippen molar-refractivity contribution >= 4 is 48.2 Å². The van der Waals surface area contributed by atoms with E-state index in [4.69, 9.17) is 27.6 Å². The number of carbonyl (C=O) groups excluding carboxylic acids is 2. The number of piperazine rings is 1. The Kier molecular flexibility index (Phi) is 15.6. The highest BCUT2D eigenvalue weighted by molar-refractivity contribution is 7.13. The van der Waals surface area contributed by atoms with Crippen LogP contribution in [0.15, 0.2) is 89.0 Å². The molecule has 8 atom stereocenters. The molecule has 414 valence electrons. The summed E-state index contributed by atoms with van der Waals surface area (Å²) < 4.78 is 18.4. The molecular weight excluding hydrogens is 1020 g/mol. The Bertz CT molecular complexity index is 3100. The largest absolute Gasteiger partial charge is 0.507 e. The maximum absolute atomic E-state index is 14.3. The van der Waals surface area contributed by atoms with Gasteiger partial charge in [-0.3, -0.25) is 9.59 Å². The van der Waals surface area contributed by atoms with Crippen LogP contribution in [0.2, 0.25) is 5.31 Å². The Morgan fingerprint density at radius 3 is 2.46 bits per heavy atom. The maximum atomic E-state index is 14.3. The first-order valence-electron chi connectivity index (χ1n) is 28.0. The molecule has 2 unspecified atom stereocenters. The summed E-state index contributed by atoms with van der Waals surface area (Å²) in [6.07, 6.45) is 7.06. The lowest BCUT2D eigenvalue weighted by Gasteiger charge is -2.47. The van der Waals surface area contributed by atoms with Gasteiger partial charge in [-0.2, -0.15) is 0 Å². The van der Waals surface area contributed by atoms with E-state index in [1.807, 2.05) is 81.9 Å². The van der Waals surface area contributed by atoms with E-state index in [0.29, 0.717) is 47.1 Å². The number of likely N-dealkylation sites (tertiary alicyclic amines) is 2. The highest BCUT2D eigenvalue weighted by Crippen LogP contribution is 2.44. The van der Waals surface area contributed by atoms with E-state index in [2.05, 4.69) is 64.4 Å². The number of nitrogen functional groups attached to an aromatic ring is 1. The van der Waals surface area contributed by atoms with Crippen molar-refractivity contribution in [1.82, 2.24) is 40.4 Å². The molecule has 4 aliphatic heterocycles. The summed E-state index contributed by atoms with van der Waals surface area (Å²) in [6, 6.07) is 22.4. The van der Waals surface area contributed by atoms with E-state index in [1.54, 1.807) is 29.5 Å². The van der Waals surface area contributed by atoms with Crippen LogP contribution in [0.1, 0.15) is 102 Å². The Morgan fingerprint density at radius 1 is 0.962 bits per heavy atom. The van der Waals surface area contributed by atoms with E-state index in [9.17, 15) is 19.8 Å². The number of thiazole rings is 1. The number of fused-ring (bicyclic) bond motifs is 2. The topological polar surface area (TPSA) is 222 Å². The first kappa shape index (κ1) is 54.2. The number of nitrogens with two attached hydrogens (primary N) is 1. The molecule has 2 aromatic carbocycles. The molecule has 8 heterocycles. The SMILES string of the molecule is [B][C@]1(C)CN(CC2CC(Oc3cc(N4C5CCC4CN(c4cc(-c6ccccc6O)nnc4N)C5)ccn3)C2)CC[C@H]1CCOc1cc([C@H](C(=O)N2C[C@H](O)C[C@H]2C(=O)N[C@@H](C)c2ccc(-c3scnc3C)cc2)C(C)C)on1. The zero-order valence-electron chi connectivity index (χ0n) is 45.8. The summed E-state index contributed by atoms with van der Waals surface area (Å²) in [5.74, 6) is 1.09. The number of aliphatic hydroxyl groups is 1. The number of aromatic nitrogens is 5. The number of nitrogens with one attached hydrogen (secondary N) is 1. The lowest BCUT2D eigenvalue weighted by Crippen LogP contribution is -2.54. The van der Waals surface area contributed by atoms with Gasteiger partial charge >= 0.3 is 0 Å².